The van der Waals surface area contributed by atoms with Gasteiger partial charge in [-0.3, -0.25) is 4.68 Å². The predicted octanol–water partition coefficient (Wildman–Crippen LogP) is 1.26. The minimum absolute atomic E-state index is 0.727. The first-order chi connectivity index (χ1) is 7.86. The molecule has 3 rings (SSSR count). The van der Waals surface area contributed by atoms with Crippen LogP contribution < -0.4 is 10.1 Å². The Kier molecular flexibility index (Phi) is 2.29. The van der Waals surface area contributed by atoms with E-state index < -0.39 is 0 Å². The van der Waals surface area contributed by atoms with Crippen LogP contribution in [-0.4, -0.2) is 30.0 Å². The van der Waals surface area contributed by atoms with Gasteiger partial charge in [-0.25, -0.2) is 0 Å². The highest BCUT2D eigenvalue weighted by molar-refractivity contribution is 5.80. The Morgan fingerprint density at radius 2 is 2.38 bits per heavy atom. The molecule has 1 aromatic carbocycles. The van der Waals surface area contributed by atoms with Gasteiger partial charge in [0.05, 0.1) is 18.8 Å². The molecule has 2 heterocycles. The second-order valence-electron chi connectivity index (χ2n) is 4.28. The molecule has 0 saturated carbocycles. The first kappa shape index (κ1) is 9.66. The van der Waals surface area contributed by atoms with Gasteiger partial charge in [-0.1, -0.05) is 0 Å². The maximum atomic E-state index is 5.20. The van der Waals surface area contributed by atoms with Gasteiger partial charge in [-0.15, -0.1) is 0 Å². The zero-order valence-electron chi connectivity index (χ0n) is 9.31. The van der Waals surface area contributed by atoms with Crippen molar-refractivity contribution in [1.29, 1.82) is 0 Å². The lowest BCUT2D eigenvalue weighted by molar-refractivity contribution is 0.299. The number of methoxy groups -OCH3 is 1. The molecule has 0 aliphatic carbocycles. The van der Waals surface area contributed by atoms with E-state index in [9.17, 15) is 0 Å². The smallest absolute Gasteiger partial charge is 0.119 e. The van der Waals surface area contributed by atoms with E-state index in [1.54, 1.807) is 7.11 Å². The molecule has 0 radical (unpaired) electrons. The minimum atomic E-state index is 0.727. The monoisotopic (exact) mass is 217 g/mol. The molecule has 1 N–H and O–H groups in total. The molecule has 1 aliphatic heterocycles. The normalized spacial score (nSPS) is 16.3. The fourth-order valence-electron chi connectivity index (χ4n) is 2.06. The van der Waals surface area contributed by atoms with Gasteiger partial charge < -0.3 is 10.1 Å². The molecule has 84 valence electrons. The van der Waals surface area contributed by atoms with Crippen LogP contribution in [0.1, 0.15) is 0 Å². The van der Waals surface area contributed by atoms with Crippen LogP contribution in [0.4, 0.5) is 0 Å². The van der Waals surface area contributed by atoms with Gasteiger partial charge in [0.1, 0.15) is 5.75 Å². The molecule has 0 bridgehead atoms. The second kappa shape index (κ2) is 3.79. The molecule has 2 aromatic rings. The highest BCUT2D eigenvalue weighted by atomic mass is 16.5. The van der Waals surface area contributed by atoms with Crippen molar-refractivity contribution in [2.45, 2.75) is 6.54 Å². The molecule has 4 nitrogen and oxygen atoms in total. The van der Waals surface area contributed by atoms with Crippen LogP contribution in [0.15, 0.2) is 24.4 Å². The Bertz CT molecular complexity index is 502. The highest BCUT2D eigenvalue weighted by Crippen LogP contribution is 2.21. The summed E-state index contributed by atoms with van der Waals surface area (Å²) >= 11 is 0. The van der Waals surface area contributed by atoms with Crippen molar-refractivity contribution in [3.8, 4) is 5.75 Å². The summed E-state index contributed by atoms with van der Waals surface area (Å²) in [4.78, 5) is 0. The van der Waals surface area contributed by atoms with Gasteiger partial charge in [0, 0.05) is 30.9 Å². The summed E-state index contributed by atoms with van der Waals surface area (Å²) in [5.41, 5.74) is 1.19. The van der Waals surface area contributed by atoms with E-state index in [1.165, 1.54) is 5.52 Å². The Morgan fingerprint density at radius 3 is 3.06 bits per heavy atom. The van der Waals surface area contributed by atoms with Gasteiger partial charge >= 0.3 is 0 Å². The van der Waals surface area contributed by atoms with Crippen LogP contribution >= 0.6 is 0 Å². The average molecular weight is 217 g/mol. The van der Waals surface area contributed by atoms with Crippen molar-refractivity contribution in [3.63, 3.8) is 0 Å². The van der Waals surface area contributed by atoms with Crippen molar-refractivity contribution in [3.05, 3.63) is 24.4 Å². The molecule has 0 unspecified atom stereocenters. The van der Waals surface area contributed by atoms with E-state index in [-0.39, 0.29) is 0 Å². The Balaban J connectivity index is 1.93. The largest absolute Gasteiger partial charge is 0.497 e. The average Bonchev–Trinajstić information content (AvgIpc) is 2.65. The third-order valence-corrected chi connectivity index (χ3v) is 3.15. The third kappa shape index (κ3) is 1.55. The fraction of sp³-hybridized carbons (Fsp3) is 0.417. The van der Waals surface area contributed by atoms with E-state index in [4.69, 9.17) is 4.74 Å². The first-order valence-electron chi connectivity index (χ1n) is 5.57. The number of nitrogens with one attached hydrogen (secondary N) is 1. The van der Waals surface area contributed by atoms with Crippen LogP contribution in [0.5, 0.6) is 5.75 Å². The predicted molar refractivity (Wildman–Crippen MR) is 62.6 cm³/mol. The molecular formula is C12H15N3O. The zero-order chi connectivity index (χ0) is 11.0. The van der Waals surface area contributed by atoms with Crippen molar-refractivity contribution in [1.82, 2.24) is 15.1 Å². The molecule has 4 heteroatoms. The van der Waals surface area contributed by atoms with Gasteiger partial charge in [0.2, 0.25) is 0 Å². The number of rotatable bonds is 3. The van der Waals surface area contributed by atoms with E-state index in [2.05, 4.69) is 21.2 Å². The van der Waals surface area contributed by atoms with E-state index in [1.807, 2.05) is 18.3 Å². The summed E-state index contributed by atoms with van der Waals surface area (Å²) in [6.07, 6.45) is 1.91. The summed E-state index contributed by atoms with van der Waals surface area (Å²) in [5, 5.41) is 8.85. The Morgan fingerprint density at radius 1 is 1.50 bits per heavy atom. The SMILES string of the molecule is COc1ccc2c(cnn2CC2CNC2)c1. The van der Waals surface area contributed by atoms with Gasteiger partial charge in [0.25, 0.3) is 0 Å². The summed E-state index contributed by atoms with van der Waals surface area (Å²) < 4.78 is 7.28. The lowest BCUT2D eigenvalue weighted by Crippen LogP contribution is -2.44. The van der Waals surface area contributed by atoms with Gasteiger partial charge in [-0.05, 0) is 18.2 Å². The minimum Gasteiger partial charge on any atom is -0.497 e. The third-order valence-electron chi connectivity index (χ3n) is 3.15. The lowest BCUT2D eigenvalue weighted by atomic mass is 10.0. The fourth-order valence-corrected chi connectivity index (χ4v) is 2.06. The van der Waals surface area contributed by atoms with Crippen molar-refractivity contribution in [2.24, 2.45) is 5.92 Å². The molecular weight excluding hydrogens is 202 g/mol. The number of ether oxygens (including phenoxy) is 1. The van der Waals surface area contributed by atoms with Crippen LogP contribution in [0, 0.1) is 5.92 Å². The van der Waals surface area contributed by atoms with E-state index in [0.29, 0.717) is 0 Å². The summed E-state index contributed by atoms with van der Waals surface area (Å²) in [6.45, 7) is 3.22. The quantitative estimate of drug-likeness (QED) is 0.841. The number of nitrogens with zero attached hydrogens (tertiary/aromatic N) is 2. The van der Waals surface area contributed by atoms with Crippen LogP contribution in [0.3, 0.4) is 0 Å². The summed E-state index contributed by atoms with van der Waals surface area (Å²) in [5.74, 6) is 1.61. The molecule has 0 spiro atoms. The molecule has 0 amide bonds. The standard InChI is InChI=1S/C12H15N3O/c1-16-11-2-3-12-10(4-11)7-14-15(12)8-9-5-13-6-9/h2-4,7,9,13H,5-6,8H2,1H3. The molecule has 16 heavy (non-hydrogen) atoms. The van der Waals surface area contributed by atoms with E-state index in [0.717, 1.165) is 36.7 Å². The Labute approximate surface area is 94.2 Å². The zero-order valence-corrected chi connectivity index (χ0v) is 9.31. The van der Waals surface area contributed by atoms with Crippen molar-refractivity contribution >= 4 is 10.9 Å². The second-order valence-corrected chi connectivity index (χ2v) is 4.28. The number of aromatic nitrogens is 2. The molecule has 1 aliphatic rings. The topological polar surface area (TPSA) is 39.1 Å². The van der Waals surface area contributed by atoms with Gasteiger partial charge in [-0.2, -0.15) is 5.10 Å². The van der Waals surface area contributed by atoms with Crippen LogP contribution in [0.2, 0.25) is 0 Å². The van der Waals surface area contributed by atoms with Crippen molar-refractivity contribution < 1.29 is 4.74 Å². The van der Waals surface area contributed by atoms with E-state index >= 15 is 0 Å². The summed E-state index contributed by atoms with van der Waals surface area (Å²) in [7, 11) is 1.69. The molecule has 1 saturated heterocycles. The number of fused-ring (bicyclic) bond motifs is 1. The van der Waals surface area contributed by atoms with Crippen LogP contribution in [-0.2, 0) is 6.54 Å². The highest BCUT2D eigenvalue weighted by Gasteiger charge is 2.18. The Hall–Kier alpha value is -1.55. The van der Waals surface area contributed by atoms with Crippen LogP contribution in [0.25, 0.3) is 10.9 Å². The number of hydrogen-bond donors (Lipinski definition) is 1. The lowest BCUT2D eigenvalue weighted by Gasteiger charge is -2.27. The van der Waals surface area contributed by atoms with Gasteiger partial charge in [0.15, 0.2) is 0 Å². The number of benzene rings is 1. The maximum Gasteiger partial charge on any atom is 0.119 e. The molecule has 1 fully saturated rings. The summed E-state index contributed by atoms with van der Waals surface area (Å²) in [6, 6.07) is 6.09. The van der Waals surface area contributed by atoms with Crippen molar-refractivity contribution in [2.75, 3.05) is 20.2 Å². The molecule has 1 aromatic heterocycles. The number of hydrogen-bond acceptors (Lipinski definition) is 3. The first-order valence-corrected chi connectivity index (χ1v) is 5.57. The molecule has 0 atom stereocenters. The maximum absolute atomic E-state index is 5.20.